The SMILES string of the molecule is COC(C)Oc1ccc(Br)c(CC2CCN(CCC3CN(c4ccccc4)C(=O)O3)C2)c1. The number of hydrogen-bond donors (Lipinski definition) is 0. The number of benzene rings is 2. The summed E-state index contributed by atoms with van der Waals surface area (Å²) in [6.45, 7) is 5.61. The van der Waals surface area contributed by atoms with Crippen LogP contribution < -0.4 is 9.64 Å². The molecule has 0 radical (unpaired) electrons. The lowest BCUT2D eigenvalue weighted by Crippen LogP contribution is -2.28. The average Bonchev–Trinajstić information content (AvgIpc) is 3.41. The molecular formula is C25H31BrN2O4. The van der Waals surface area contributed by atoms with Gasteiger partial charge in [-0.2, -0.15) is 0 Å². The lowest BCUT2D eigenvalue weighted by atomic mass is 9.98. The van der Waals surface area contributed by atoms with Gasteiger partial charge in [-0.1, -0.05) is 34.1 Å². The van der Waals surface area contributed by atoms with Crippen LogP contribution in [0.25, 0.3) is 0 Å². The number of nitrogens with zero attached hydrogens (tertiary/aromatic N) is 2. The summed E-state index contributed by atoms with van der Waals surface area (Å²) in [5, 5.41) is 0. The van der Waals surface area contributed by atoms with E-state index in [1.54, 1.807) is 12.0 Å². The maximum Gasteiger partial charge on any atom is 0.414 e. The molecule has 2 fully saturated rings. The maximum atomic E-state index is 12.2. The monoisotopic (exact) mass is 502 g/mol. The summed E-state index contributed by atoms with van der Waals surface area (Å²) < 4.78 is 17.7. The number of para-hydroxylation sites is 1. The Bertz CT molecular complexity index is 910. The Morgan fingerprint density at radius 1 is 1.19 bits per heavy atom. The minimum absolute atomic E-state index is 0.0486. The fourth-order valence-corrected chi connectivity index (χ4v) is 4.84. The second-order valence-corrected chi connectivity index (χ2v) is 9.43. The number of carbonyl (C=O) groups is 1. The van der Waals surface area contributed by atoms with E-state index < -0.39 is 0 Å². The molecule has 2 saturated heterocycles. The first-order valence-corrected chi connectivity index (χ1v) is 12.0. The summed E-state index contributed by atoms with van der Waals surface area (Å²) in [4.78, 5) is 16.5. The minimum atomic E-state index is -0.270. The number of carbonyl (C=O) groups excluding carboxylic acids is 1. The van der Waals surface area contributed by atoms with Crippen LogP contribution in [-0.2, 0) is 15.9 Å². The highest BCUT2D eigenvalue weighted by Gasteiger charge is 2.33. The molecule has 0 spiro atoms. The highest BCUT2D eigenvalue weighted by Crippen LogP contribution is 2.29. The van der Waals surface area contributed by atoms with Gasteiger partial charge in [0.1, 0.15) is 11.9 Å². The summed E-state index contributed by atoms with van der Waals surface area (Å²) in [5.41, 5.74) is 2.17. The normalized spacial score (nSPS) is 22.2. The predicted molar refractivity (Wildman–Crippen MR) is 128 cm³/mol. The largest absolute Gasteiger partial charge is 0.465 e. The fraction of sp³-hybridized carbons (Fsp3) is 0.480. The van der Waals surface area contributed by atoms with Crippen LogP contribution in [0, 0.1) is 5.92 Å². The van der Waals surface area contributed by atoms with E-state index in [4.69, 9.17) is 14.2 Å². The first-order chi connectivity index (χ1) is 15.5. The number of halogens is 1. The number of hydrogen-bond acceptors (Lipinski definition) is 5. The number of anilines is 1. The van der Waals surface area contributed by atoms with E-state index in [0.717, 1.165) is 48.4 Å². The van der Waals surface area contributed by atoms with Gasteiger partial charge < -0.3 is 19.1 Å². The van der Waals surface area contributed by atoms with Gasteiger partial charge in [0.2, 0.25) is 0 Å². The summed E-state index contributed by atoms with van der Waals surface area (Å²) in [5.74, 6) is 1.44. The van der Waals surface area contributed by atoms with E-state index in [9.17, 15) is 4.79 Å². The van der Waals surface area contributed by atoms with Gasteiger partial charge in [-0.15, -0.1) is 0 Å². The van der Waals surface area contributed by atoms with Crippen molar-refractivity contribution in [1.82, 2.24) is 4.90 Å². The highest BCUT2D eigenvalue weighted by atomic mass is 79.9. The molecule has 32 heavy (non-hydrogen) atoms. The van der Waals surface area contributed by atoms with Crippen molar-refractivity contribution in [3.63, 3.8) is 0 Å². The molecule has 3 atom stereocenters. The number of likely N-dealkylation sites (tertiary alicyclic amines) is 1. The molecule has 2 aromatic carbocycles. The van der Waals surface area contributed by atoms with E-state index in [1.807, 2.05) is 49.4 Å². The third kappa shape index (κ3) is 5.82. The number of amides is 1. The Hall–Kier alpha value is -2.09. The zero-order valence-corrected chi connectivity index (χ0v) is 20.3. The molecule has 2 heterocycles. The van der Waals surface area contributed by atoms with Crippen LogP contribution in [-0.4, -0.2) is 56.7 Å². The Labute approximate surface area is 198 Å². The molecule has 2 aliphatic heterocycles. The van der Waals surface area contributed by atoms with Crippen molar-refractivity contribution in [2.45, 2.75) is 38.6 Å². The molecule has 0 aromatic heterocycles. The Morgan fingerprint density at radius 2 is 2.00 bits per heavy atom. The summed E-state index contributed by atoms with van der Waals surface area (Å²) >= 11 is 3.69. The molecule has 0 N–H and O–H groups in total. The van der Waals surface area contributed by atoms with E-state index in [2.05, 4.69) is 26.9 Å². The average molecular weight is 503 g/mol. The van der Waals surface area contributed by atoms with Crippen molar-refractivity contribution < 1.29 is 19.0 Å². The van der Waals surface area contributed by atoms with Crippen molar-refractivity contribution in [1.29, 1.82) is 0 Å². The van der Waals surface area contributed by atoms with Gasteiger partial charge in [-0.05, 0) is 74.5 Å². The van der Waals surface area contributed by atoms with E-state index in [-0.39, 0.29) is 18.5 Å². The molecular weight excluding hydrogens is 472 g/mol. The second-order valence-electron chi connectivity index (χ2n) is 8.57. The second kappa shape index (κ2) is 10.7. The Kier molecular flexibility index (Phi) is 7.71. The lowest BCUT2D eigenvalue weighted by molar-refractivity contribution is -0.0383. The van der Waals surface area contributed by atoms with Crippen molar-refractivity contribution in [3.05, 3.63) is 58.6 Å². The molecule has 6 nitrogen and oxygen atoms in total. The van der Waals surface area contributed by atoms with Crippen LogP contribution in [0.1, 0.15) is 25.3 Å². The molecule has 0 aliphatic carbocycles. The first kappa shape index (κ1) is 23.1. The van der Waals surface area contributed by atoms with Gasteiger partial charge in [-0.3, -0.25) is 4.90 Å². The third-order valence-electron chi connectivity index (χ3n) is 6.24. The van der Waals surface area contributed by atoms with Crippen molar-refractivity contribution in [2.75, 3.05) is 38.2 Å². The quantitative estimate of drug-likeness (QED) is 0.446. The number of ether oxygens (including phenoxy) is 3. The molecule has 3 unspecified atom stereocenters. The summed E-state index contributed by atoms with van der Waals surface area (Å²) in [6.07, 6.45) is 2.49. The maximum absolute atomic E-state index is 12.2. The zero-order chi connectivity index (χ0) is 22.5. The van der Waals surface area contributed by atoms with E-state index >= 15 is 0 Å². The molecule has 4 rings (SSSR count). The summed E-state index contributed by atoms with van der Waals surface area (Å²) in [6, 6.07) is 15.9. The fourth-order valence-electron chi connectivity index (χ4n) is 4.43. The molecule has 0 saturated carbocycles. The predicted octanol–water partition coefficient (Wildman–Crippen LogP) is 5.10. The van der Waals surface area contributed by atoms with Crippen LogP contribution in [0.2, 0.25) is 0 Å². The van der Waals surface area contributed by atoms with Crippen LogP contribution in [0.4, 0.5) is 10.5 Å². The molecule has 2 aliphatic rings. The van der Waals surface area contributed by atoms with Gasteiger partial charge in [0, 0.05) is 30.4 Å². The number of methoxy groups -OCH3 is 1. The van der Waals surface area contributed by atoms with Gasteiger partial charge in [0.25, 0.3) is 0 Å². The van der Waals surface area contributed by atoms with Crippen LogP contribution in [0.5, 0.6) is 5.75 Å². The topological polar surface area (TPSA) is 51.2 Å². The van der Waals surface area contributed by atoms with Crippen LogP contribution in [0.15, 0.2) is 53.0 Å². The molecule has 172 valence electrons. The molecule has 2 aromatic rings. The lowest BCUT2D eigenvalue weighted by Gasteiger charge is -2.19. The minimum Gasteiger partial charge on any atom is -0.465 e. The highest BCUT2D eigenvalue weighted by molar-refractivity contribution is 9.10. The molecule has 0 bridgehead atoms. The van der Waals surface area contributed by atoms with Gasteiger partial charge in [0.15, 0.2) is 6.29 Å². The molecule has 7 heteroatoms. The first-order valence-electron chi connectivity index (χ1n) is 11.2. The molecule has 1 amide bonds. The zero-order valence-electron chi connectivity index (χ0n) is 18.7. The number of rotatable bonds is 9. The standard InChI is InChI=1S/C25H31BrN2O4/c1-18(30-2)31-22-8-9-24(26)20(15-22)14-19-10-12-27(16-19)13-11-23-17-28(25(29)32-23)21-6-4-3-5-7-21/h3-9,15,18-19,23H,10-14,16-17H2,1-2H3. The van der Waals surface area contributed by atoms with Gasteiger partial charge >= 0.3 is 6.09 Å². The Morgan fingerprint density at radius 3 is 2.78 bits per heavy atom. The van der Waals surface area contributed by atoms with Crippen molar-refractivity contribution >= 4 is 27.7 Å². The number of cyclic esters (lactones) is 1. The van der Waals surface area contributed by atoms with Crippen molar-refractivity contribution in [3.8, 4) is 5.75 Å². The van der Waals surface area contributed by atoms with E-state index in [0.29, 0.717) is 12.5 Å². The van der Waals surface area contributed by atoms with Gasteiger partial charge in [0.05, 0.1) is 6.54 Å². The smallest absolute Gasteiger partial charge is 0.414 e. The third-order valence-corrected chi connectivity index (χ3v) is 7.01. The van der Waals surface area contributed by atoms with Gasteiger partial charge in [-0.25, -0.2) is 4.79 Å². The Balaban J connectivity index is 1.25. The van der Waals surface area contributed by atoms with Crippen LogP contribution in [0.3, 0.4) is 0 Å². The van der Waals surface area contributed by atoms with E-state index in [1.165, 1.54) is 12.0 Å². The van der Waals surface area contributed by atoms with Crippen molar-refractivity contribution in [2.24, 2.45) is 5.92 Å². The summed E-state index contributed by atoms with van der Waals surface area (Å²) in [7, 11) is 1.64. The van der Waals surface area contributed by atoms with Crippen LogP contribution >= 0.6 is 15.9 Å².